The summed E-state index contributed by atoms with van der Waals surface area (Å²) in [5.41, 5.74) is 2.69. The number of halogens is 2. The maximum Gasteiger partial charge on any atom is 0.186 e. The first-order valence-corrected chi connectivity index (χ1v) is 11.9. The standard InChI is InChI=1S/C23H22F2N6OS/c24-15-3-4-17(25)16(12-15)19-2-1-7-30(19)22-6-5-21-26-13-20(31(21)28-22)18-14-33-23(27-18)29-8-10-32-11-9-29/h3-6,12-14,19H,1-2,7-11H2. The molecule has 2 saturated heterocycles. The van der Waals surface area contributed by atoms with E-state index in [1.54, 1.807) is 22.0 Å². The Morgan fingerprint density at radius 1 is 1.06 bits per heavy atom. The number of hydrogen-bond acceptors (Lipinski definition) is 7. The van der Waals surface area contributed by atoms with Crippen LogP contribution in [0, 0.1) is 11.6 Å². The Kier molecular flexibility index (Phi) is 5.18. The first kappa shape index (κ1) is 20.5. The molecule has 0 radical (unpaired) electrons. The first-order valence-electron chi connectivity index (χ1n) is 11.0. The van der Waals surface area contributed by atoms with Crippen LogP contribution in [0.2, 0.25) is 0 Å². The molecule has 6 rings (SSSR count). The van der Waals surface area contributed by atoms with Crippen LogP contribution in [-0.4, -0.2) is 52.4 Å². The van der Waals surface area contributed by atoms with Crippen LogP contribution in [0.4, 0.5) is 19.7 Å². The highest BCUT2D eigenvalue weighted by Gasteiger charge is 2.30. The van der Waals surface area contributed by atoms with Crippen molar-refractivity contribution in [3.63, 3.8) is 0 Å². The Balaban J connectivity index is 1.34. The Bertz CT molecular complexity index is 1300. The normalized spacial score (nSPS) is 19.0. The van der Waals surface area contributed by atoms with E-state index in [-0.39, 0.29) is 6.04 Å². The molecule has 33 heavy (non-hydrogen) atoms. The predicted molar refractivity (Wildman–Crippen MR) is 123 cm³/mol. The minimum Gasteiger partial charge on any atom is -0.378 e. The molecule has 0 saturated carbocycles. The molecule has 0 N–H and O–H groups in total. The lowest BCUT2D eigenvalue weighted by Gasteiger charge is -2.26. The van der Waals surface area contributed by atoms with Gasteiger partial charge in [0.1, 0.15) is 28.8 Å². The topological polar surface area (TPSA) is 58.8 Å². The van der Waals surface area contributed by atoms with E-state index in [0.717, 1.165) is 55.1 Å². The number of thiazole rings is 1. The van der Waals surface area contributed by atoms with Gasteiger partial charge in [0.15, 0.2) is 10.8 Å². The van der Waals surface area contributed by atoms with Gasteiger partial charge in [0, 0.05) is 30.6 Å². The highest BCUT2D eigenvalue weighted by molar-refractivity contribution is 7.14. The fourth-order valence-electron chi connectivity index (χ4n) is 4.61. The summed E-state index contributed by atoms with van der Waals surface area (Å²) in [4.78, 5) is 13.6. The number of anilines is 2. The summed E-state index contributed by atoms with van der Waals surface area (Å²) in [6, 6.07) is 7.17. The van der Waals surface area contributed by atoms with Crippen molar-refractivity contribution in [1.29, 1.82) is 0 Å². The third-order valence-electron chi connectivity index (χ3n) is 6.25. The Labute approximate surface area is 193 Å². The van der Waals surface area contributed by atoms with Gasteiger partial charge >= 0.3 is 0 Å². The van der Waals surface area contributed by atoms with Crippen LogP contribution < -0.4 is 9.80 Å². The van der Waals surface area contributed by atoms with Gasteiger partial charge in [-0.3, -0.25) is 0 Å². The summed E-state index contributed by atoms with van der Waals surface area (Å²) in [6.07, 6.45) is 3.40. The van der Waals surface area contributed by atoms with Crippen molar-refractivity contribution in [1.82, 2.24) is 19.6 Å². The zero-order chi connectivity index (χ0) is 22.4. The van der Waals surface area contributed by atoms with Crippen molar-refractivity contribution in [2.24, 2.45) is 0 Å². The molecule has 1 unspecified atom stereocenters. The van der Waals surface area contributed by atoms with Gasteiger partial charge in [-0.05, 0) is 43.2 Å². The largest absolute Gasteiger partial charge is 0.378 e. The summed E-state index contributed by atoms with van der Waals surface area (Å²) in [7, 11) is 0. The number of hydrogen-bond donors (Lipinski definition) is 0. The molecule has 5 heterocycles. The molecule has 3 aromatic heterocycles. The van der Waals surface area contributed by atoms with Crippen LogP contribution in [0.5, 0.6) is 0 Å². The van der Waals surface area contributed by atoms with Crippen LogP contribution in [0.15, 0.2) is 41.9 Å². The highest BCUT2D eigenvalue weighted by atomic mass is 32.1. The van der Waals surface area contributed by atoms with Gasteiger partial charge in [-0.2, -0.15) is 0 Å². The van der Waals surface area contributed by atoms with Crippen molar-refractivity contribution in [2.45, 2.75) is 18.9 Å². The predicted octanol–water partition coefficient (Wildman–Crippen LogP) is 4.31. The molecule has 4 aromatic rings. The zero-order valence-electron chi connectivity index (χ0n) is 17.8. The van der Waals surface area contributed by atoms with E-state index >= 15 is 0 Å². The fraction of sp³-hybridized carbons (Fsp3) is 0.348. The summed E-state index contributed by atoms with van der Waals surface area (Å²) < 4.78 is 35.6. The Morgan fingerprint density at radius 2 is 1.94 bits per heavy atom. The lowest BCUT2D eigenvalue weighted by atomic mass is 10.0. The van der Waals surface area contributed by atoms with Gasteiger partial charge < -0.3 is 14.5 Å². The average Bonchev–Trinajstić information content (AvgIpc) is 3.60. The minimum atomic E-state index is -0.432. The maximum absolute atomic E-state index is 14.5. The Morgan fingerprint density at radius 3 is 2.82 bits per heavy atom. The third-order valence-corrected chi connectivity index (χ3v) is 7.15. The smallest absolute Gasteiger partial charge is 0.186 e. The second-order valence-corrected chi connectivity index (χ2v) is 9.07. The molecule has 0 spiro atoms. The van der Waals surface area contributed by atoms with Crippen LogP contribution in [0.25, 0.3) is 17.0 Å². The summed E-state index contributed by atoms with van der Waals surface area (Å²) in [5.74, 6) is -0.120. The molecule has 1 aromatic carbocycles. The first-order chi connectivity index (χ1) is 16.2. The molecule has 170 valence electrons. The third kappa shape index (κ3) is 3.72. The molecule has 1 atom stereocenters. The molecule has 0 aliphatic carbocycles. The highest BCUT2D eigenvalue weighted by Crippen LogP contribution is 2.37. The molecule has 0 bridgehead atoms. The van der Waals surface area contributed by atoms with Crippen molar-refractivity contribution in [2.75, 3.05) is 42.6 Å². The van der Waals surface area contributed by atoms with Crippen molar-refractivity contribution < 1.29 is 13.5 Å². The fourth-order valence-corrected chi connectivity index (χ4v) is 5.48. The molecule has 2 fully saturated rings. The average molecular weight is 469 g/mol. The molecular weight excluding hydrogens is 446 g/mol. The van der Waals surface area contributed by atoms with E-state index in [2.05, 4.69) is 9.88 Å². The SMILES string of the molecule is Fc1ccc(F)c(C2CCCN2c2ccc3ncc(-c4csc(N5CCOCC5)n4)n3n2)c1. The van der Waals surface area contributed by atoms with Gasteiger partial charge in [-0.25, -0.2) is 23.3 Å². The van der Waals surface area contributed by atoms with Crippen LogP contribution in [0.3, 0.4) is 0 Å². The van der Waals surface area contributed by atoms with E-state index < -0.39 is 11.6 Å². The summed E-state index contributed by atoms with van der Waals surface area (Å²) in [6.45, 7) is 3.79. The zero-order valence-corrected chi connectivity index (χ0v) is 18.6. The quantitative estimate of drug-likeness (QED) is 0.445. The van der Waals surface area contributed by atoms with Crippen LogP contribution in [-0.2, 0) is 4.74 Å². The van der Waals surface area contributed by atoms with Gasteiger partial charge in [0.25, 0.3) is 0 Å². The Hall–Kier alpha value is -3.11. The summed E-state index contributed by atoms with van der Waals surface area (Å²) in [5, 5.41) is 7.81. The number of nitrogens with zero attached hydrogens (tertiary/aromatic N) is 6. The molecule has 2 aliphatic rings. The molecule has 0 amide bonds. The number of imidazole rings is 1. The summed E-state index contributed by atoms with van der Waals surface area (Å²) >= 11 is 1.60. The van der Waals surface area contributed by atoms with E-state index in [0.29, 0.717) is 30.2 Å². The van der Waals surface area contributed by atoms with Crippen LogP contribution in [0.1, 0.15) is 24.4 Å². The molecule has 10 heteroatoms. The minimum absolute atomic E-state index is 0.259. The lowest BCUT2D eigenvalue weighted by molar-refractivity contribution is 0.122. The van der Waals surface area contributed by atoms with Gasteiger partial charge in [-0.15, -0.1) is 16.4 Å². The second kappa shape index (κ2) is 8.35. The molecule has 2 aliphatic heterocycles. The number of benzene rings is 1. The number of ether oxygens (including phenoxy) is 1. The number of rotatable bonds is 4. The monoisotopic (exact) mass is 468 g/mol. The van der Waals surface area contributed by atoms with E-state index in [1.807, 2.05) is 22.4 Å². The van der Waals surface area contributed by atoms with Crippen molar-refractivity contribution in [3.8, 4) is 11.4 Å². The van der Waals surface area contributed by atoms with E-state index in [4.69, 9.17) is 14.8 Å². The van der Waals surface area contributed by atoms with Crippen molar-refractivity contribution in [3.05, 3.63) is 59.1 Å². The maximum atomic E-state index is 14.5. The molecule has 7 nitrogen and oxygen atoms in total. The number of fused-ring (bicyclic) bond motifs is 1. The molecular formula is C23H22F2N6OS. The van der Waals surface area contributed by atoms with Crippen LogP contribution >= 0.6 is 11.3 Å². The van der Waals surface area contributed by atoms with E-state index in [1.165, 1.54) is 12.1 Å². The van der Waals surface area contributed by atoms with Gasteiger partial charge in [-0.1, -0.05) is 0 Å². The van der Waals surface area contributed by atoms with Gasteiger partial charge in [0.05, 0.1) is 25.5 Å². The number of morpholine rings is 1. The van der Waals surface area contributed by atoms with Gasteiger partial charge in [0.2, 0.25) is 0 Å². The number of aromatic nitrogens is 4. The lowest BCUT2D eigenvalue weighted by Crippen LogP contribution is -2.36. The second-order valence-electron chi connectivity index (χ2n) is 8.24. The van der Waals surface area contributed by atoms with Crippen molar-refractivity contribution >= 4 is 27.9 Å². The van der Waals surface area contributed by atoms with E-state index in [9.17, 15) is 8.78 Å².